The van der Waals surface area contributed by atoms with E-state index in [9.17, 15) is 9.90 Å². The molecule has 4 nitrogen and oxygen atoms in total. The third kappa shape index (κ3) is 2.58. The summed E-state index contributed by atoms with van der Waals surface area (Å²) in [6.45, 7) is 2.75. The van der Waals surface area contributed by atoms with Crippen LogP contribution in [0.4, 0.5) is 0 Å². The SMILES string of the molecule is COc1cccc(C(=O)N2CCC(C)(O)C2)c1. The molecule has 0 bridgehead atoms. The van der Waals surface area contributed by atoms with E-state index in [1.807, 2.05) is 0 Å². The van der Waals surface area contributed by atoms with E-state index in [0.29, 0.717) is 30.8 Å². The number of likely N-dealkylation sites (tertiary alicyclic amines) is 1. The van der Waals surface area contributed by atoms with Gasteiger partial charge >= 0.3 is 0 Å². The van der Waals surface area contributed by atoms with Gasteiger partial charge in [0.2, 0.25) is 0 Å². The number of benzene rings is 1. The van der Waals surface area contributed by atoms with Crippen LogP contribution in [-0.2, 0) is 0 Å². The Kier molecular flexibility index (Phi) is 3.07. The third-order valence-electron chi connectivity index (χ3n) is 3.06. The van der Waals surface area contributed by atoms with Crippen molar-refractivity contribution in [3.05, 3.63) is 29.8 Å². The van der Waals surface area contributed by atoms with Crippen molar-refractivity contribution in [3.63, 3.8) is 0 Å². The molecule has 1 N–H and O–H groups in total. The molecule has 1 atom stereocenters. The molecular formula is C13H17NO3. The van der Waals surface area contributed by atoms with Gasteiger partial charge < -0.3 is 14.7 Å². The van der Waals surface area contributed by atoms with Crippen LogP contribution >= 0.6 is 0 Å². The van der Waals surface area contributed by atoms with Crippen molar-refractivity contribution in [1.82, 2.24) is 4.90 Å². The minimum absolute atomic E-state index is 0.0540. The number of rotatable bonds is 2. The minimum atomic E-state index is -0.755. The van der Waals surface area contributed by atoms with Crippen LogP contribution in [0.5, 0.6) is 5.75 Å². The molecule has 0 spiro atoms. The fraction of sp³-hybridized carbons (Fsp3) is 0.462. The molecule has 92 valence electrons. The van der Waals surface area contributed by atoms with Gasteiger partial charge in [-0.3, -0.25) is 4.79 Å². The Labute approximate surface area is 101 Å². The molecule has 2 rings (SSSR count). The number of β-amino-alcohol motifs (C(OH)–C–C–N with tert-alkyl or cyclic N) is 1. The van der Waals surface area contributed by atoms with Crippen LogP contribution in [-0.4, -0.2) is 41.7 Å². The maximum absolute atomic E-state index is 12.2. The largest absolute Gasteiger partial charge is 0.497 e. The van der Waals surface area contributed by atoms with Gasteiger partial charge in [-0.25, -0.2) is 0 Å². The van der Waals surface area contributed by atoms with Crippen molar-refractivity contribution in [3.8, 4) is 5.75 Å². The van der Waals surface area contributed by atoms with Crippen LogP contribution < -0.4 is 4.74 Å². The highest BCUT2D eigenvalue weighted by Crippen LogP contribution is 2.23. The summed E-state index contributed by atoms with van der Waals surface area (Å²) < 4.78 is 5.09. The van der Waals surface area contributed by atoms with Crippen LogP contribution in [0.2, 0.25) is 0 Å². The molecule has 1 heterocycles. The first kappa shape index (κ1) is 11.9. The first-order valence-corrected chi connectivity index (χ1v) is 5.67. The molecular weight excluding hydrogens is 218 g/mol. The summed E-state index contributed by atoms with van der Waals surface area (Å²) in [5.74, 6) is 0.614. The molecule has 1 aliphatic rings. The molecule has 0 aromatic heterocycles. The molecule has 1 aromatic rings. The minimum Gasteiger partial charge on any atom is -0.497 e. The molecule has 0 radical (unpaired) electrons. The molecule has 1 fully saturated rings. The lowest BCUT2D eigenvalue weighted by Gasteiger charge is -2.19. The Morgan fingerprint density at radius 1 is 1.53 bits per heavy atom. The monoisotopic (exact) mass is 235 g/mol. The Morgan fingerprint density at radius 3 is 2.88 bits per heavy atom. The van der Waals surface area contributed by atoms with E-state index in [2.05, 4.69) is 0 Å². The number of hydrogen-bond acceptors (Lipinski definition) is 3. The average Bonchev–Trinajstić information content (AvgIpc) is 2.69. The van der Waals surface area contributed by atoms with Gasteiger partial charge in [-0.1, -0.05) is 6.07 Å². The molecule has 1 amide bonds. The summed E-state index contributed by atoms with van der Waals surface area (Å²) in [5.41, 5.74) is -0.156. The number of methoxy groups -OCH3 is 1. The standard InChI is InChI=1S/C13H17NO3/c1-13(16)6-7-14(9-13)12(15)10-4-3-5-11(8-10)17-2/h3-5,8,16H,6-7,9H2,1-2H3. The summed E-state index contributed by atoms with van der Waals surface area (Å²) in [7, 11) is 1.57. The maximum Gasteiger partial charge on any atom is 0.254 e. The predicted octanol–water partition coefficient (Wildman–Crippen LogP) is 1.29. The highest BCUT2D eigenvalue weighted by atomic mass is 16.5. The lowest BCUT2D eigenvalue weighted by atomic mass is 10.1. The smallest absolute Gasteiger partial charge is 0.254 e. The van der Waals surface area contributed by atoms with Crippen molar-refractivity contribution in [2.24, 2.45) is 0 Å². The van der Waals surface area contributed by atoms with E-state index in [1.165, 1.54) is 0 Å². The zero-order chi connectivity index (χ0) is 12.5. The number of aliphatic hydroxyl groups is 1. The van der Waals surface area contributed by atoms with Crippen molar-refractivity contribution in [2.75, 3.05) is 20.2 Å². The topological polar surface area (TPSA) is 49.8 Å². The van der Waals surface area contributed by atoms with Crippen molar-refractivity contribution >= 4 is 5.91 Å². The van der Waals surface area contributed by atoms with Crippen LogP contribution in [0, 0.1) is 0 Å². The van der Waals surface area contributed by atoms with Gasteiger partial charge in [-0.05, 0) is 31.5 Å². The van der Waals surface area contributed by atoms with Crippen molar-refractivity contribution in [1.29, 1.82) is 0 Å². The van der Waals surface area contributed by atoms with E-state index in [1.54, 1.807) is 43.2 Å². The fourth-order valence-electron chi connectivity index (χ4n) is 2.06. The predicted molar refractivity (Wildman–Crippen MR) is 64.1 cm³/mol. The lowest BCUT2D eigenvalue weighted by Crippen LogP contribution is -2.33. The zero-order valence-electron chi connectivity index (χ0n) is 10.1. The van der Waals surface area contributed by atoms with E-state index >= 15 is 0 Å². The number of hydrogen-bond donors (Lipinski definition) is 1. The van der Waals surface area contributed by atoms with Gasteiger partial charge in [-0.15, -0.1) is 0 Å². The second-order valence-electron chi connectivity index (χ2n) is 4.71. The van der Waals surface area contributed by atoms with Crippen LogP contribution in [0.3, 0.4) is 0 Å². The first-order valence-electron chi connectivity index (χ1n) is 5.67. The normalized spacial score (nSPS) is 23.8. The van der Waals surface area contributed by atoms with Gasteiger partial charge in [0.15, 0.2) is 0 Å². The maximum atomic E-state index is 12.2. The molecule has 1 aromatic carbocycles. The van der Waals surface area contributed by atoms with Crippen molar-refractivity contribution in [2.45, 2.75) is 18.9 Å². The fourth-order valence-corrected chi connectivity index (χ4v) is 2.06. The van der Waals surface area contributed by atoms with E-state index < -0.39 is 5.60 Å². The van der Waals surface area contributed by atoms with Gasteiger partial charge in [0.05, 0.1) is 12.7 Å². The number of amides is 1. The zero-order valence-corrected chi connectivity index (χ0v) is 10.1. The molecule has 1 saturated heterocycles. The summed E-state index contributed by atoms with van der Waals surface area (Å²) in [4.78, 5) is 13.8. The molecule has 0 saturated carbocycles. The first-order chi connectivity index (χ1) is 8.02. The average molecular weight is 235 g/mol. The van der Waals surface area contributed by atoms with Crippen LogP contribution in [0.25, 0.3) is 0 Å². The molecule has 1 unspecified atom stereocenters. The van der Waals surface area contributed by atoms with Crippen molar-refractivity contribution < 1.29 is 14.6 Å². The Morgan fingerprint density at radius 2 is 2.29 bits per heavy atom. The lowest BCUT2D eigenvalue weighted by molar-refractivity contribution is 0.0572. The molecule has 17 heavy (non-hydrogen) atoms. The Balaban J connectivity index is 2.15. The highest BCUT2D eigenvalue weighted by molar-refractivity contribution is 5.94. The summed E-state index contributed by atoms with van der Waals surface area (Å²) >= 11 is 0. The van der Waals surface area contributed by atoms with E-state index in [0.717, 1.165) is 0 Å². The summed E-state index contributed by atoms with van der Waals surface area (Å²) in [6, 6.07) is 7.07. The summed E-state index contributed by atoms with van der Waals surface area (Å²) in [5, 5.41) is 9.84. The van der Waals surface area contributed by atoms with Crippen LogP contribution in [0.15, 0.2) is 24.3 Å². The van der Waals surface area contributed by atoms with Crippen LogP contribution in [0.1, 0.15) is 23.7 Å². The number of ether oxygens (including phenoxy) is 1. The highest BCUT2D eigenvalue weighted by Gasteiger charge is 2.34. The molecule has 0 aliphatic carbocycles. The third-order valence-corrected chi connectivity index (χ3v) is 3.06. The van der Waals surface area contributed by atoms with Gasteiger partial charge in [0.1, 0.15) is 5.75 Å². The second kappa shape index (κ2) is 4.37. The van der Waals surface area contributed by atoms with Gasteiger partial charge in [0.25, 0.3) is 5.91 Å². The Hall–Kier alpha value is -1.55. The number of carbonyl (C=O) groups is 1. The Bertz CT molecular complexity index is 428. The number of carbonyl (C=O) groups excluding carboxylic acids is 1. The number of nitrogens with zero attached hydrogens (tertiary/aromatic N) is 1. The van der Waals surface area contributed by atoms with Gasteiger partial charge in [0, 0.05) is 18.7 Å². The van der Waals surface area contributed by atoms with E-state index in [-0.39, 0.29) is 5.91 Å². The second-order valence-corrected chi connectivity index (χ2v) is 4.71. The summed E-state index contributed by atoms with van der Waals surface area (Å²) in [6.07, 6.45) is 0.628. The molecule has 1 aliphatic heterocycles. The quantitative estimate of drug-likeness (QED) is 0.840. The molecule has 4 heteroatoms. The van der Waals surface area contributed by atoms with E-state index in [4.69, 9.17) is 4.74 Å². The van der Waals surface area contributed by atoms with Gasteiger partial charge in [-0.2, -0.15) is 0 Å².